The van der Waals surface area contributed by atoms with Crippen molar-refractivity contribution in [1.29, 1.82) is 0 Å². The van der Waals surface area contributed by atoms with E-state index in [9.17, 15) is 4.79 Å². The number of halogens is 1. The number of cyclic esters (lactones) is 1. The Hall–Kier alpha value is -1.22. The Kier molecular flexibility index (Phi) is 3.34. The van der Waals surface area contributed by atoms with Crippen molar-refractivity contribution >= 4 is 17.7 Å². The van der Waals surface area contributed by atoms with Crippen LogP contribution < -0.4 is 0 Å². The van der Waals surface area contributed by atoms with Crippen LogP contribution in [0.2, 0.25) is 0 Å². The molecule has 0 bridgehead atoms. The summed E-state index contributed by atoms with van der Waals surface area (Å²) >= 11 is 5.83. The first-order chi connectivity index (χ1) is 7.74. The number of amides is 1. The Morgan fingerprint density at radius 1 is 1.50 bits per heavy atom. The average molecular weight is 240 g/mol. The molecular weight excluding hydrogens is 226 g/mol. The zero-order chi connectivity index (χ0) is 11.5. The quantitative estimate of drug-likeness (QED) is 0.760. The SMILES string of the molecule is C[C@H](c1ccccc1)N1C(=O)OC[C@@H]1CCl. The van der Waals surface area contributed by atoms with E-state index in [1.165, 1.54) is 0 Å². The van der Waals surface area contributed by atoms with E-state index in [0.717, 1.165) is 5.56 Å². The van der Waals surface area contributed by atoms with Crippen LogP contribution in [0.25, 0.3) is 0 Å². The van der Waals surface area contributed by atoms with E-state index in [0.29, 0.717) is 12.5 Å². The number of alkyl halides is 1. The van der Waals surface area contributed by atoms with Gasteiger partial charge in [-0.2, -0.15) is 0 Å². The smallest absolute Gasteiger partial charge is 0.410 e. The lowest BCUT2D eigenvalue weighted by atomic mass is 10.1. The van der Waals surface area contributed by atoms with E-state index in [1.807, 2.05) is 37.3 Å². The molecule has 16 heavy (non-hydrogen) atoms. The molecule has 0 aliphatic carbocycles. The minimum atomic E-state index is -0.276. The molecule has 1 aromatic carbocycles. The van der Waals surface area contributed by atoms with Crippen molar-refractivity contribution in [2.45, 2.75) is 19.0 Å². The average Bonchev–Trinajstić information content (AvgIpc) is 2.70. The van der Waals surface area contributed by atoms with Crippen molar-refractivity contribution in [3.8, 4) is 0 Å². The molecule has 1 aliphatic rings. The van der Waals surface area contributed by atoms with E-state index in [1.54, 1.807) is 4.90 Å². The number of carbonyl (C=O) groups is 1. The number of carbonyl (C=O) groups excluding carboxylic acids is 1. The van der Waals surface area contributed by atoms with Gasteiger partial charge in [0.05, 0.1) is 12.1 Å². The van der Waals surface area contributed by atoms with E-state index in [-0.39, 0.29) is 18.2 Å². The van der Waals surface area contributed by atoms with Gasteiger partial charge in [-0.05, 0) is 12.5 Å². The van der Waals surface area contributed by atoms with E-state index < -0.39 is 0 Å². The van der Waals surface area contributed by atoms with Gasteiger partial charge in [0, 0.05) is 5.88 Å². The Morgan fingerprint density at radius 2 is 2.19 bits per heavy atom. The molecule has 1 saturated heterocycles. The van der Waals surface area contributed by atoms with Gasteiger partial charge in [0.1, 0.15) is 6.61 Å². The number of hydrogen-bond donors (Lipinski definition) is 0. The van der Waals surface area contributed by atoms with E-state index in [4.69, 9.17) is 16.3 Å². The Labute approximate surface area is 100.0 Å². The third kappa shape index (κ3) is 2.00. The molecule has 2 rings (SSSR count). The molecule has 4 heteroatoms. The molecule has 0 spiro atoms. The fourth-order valence-electron chi connectivity index (χ4n) is 1.96. The van der Waals surface area contributed by atoms with Gasteiger partial charge >= 0.3 is 6.09 Å². The second kappa shape index (κ2) is 4.74. The highest BCUT2D eigenvalue weighted by molar-refractivity contribution is 6.18. The molecule has 86 valence electrons. The third-order valence-electron chi connectivity index (χ3n) is 2.88. The molecule has 1 heterocycles. The van der Waals surface area contributed by atoms with Crippen molar-refractivity contribution in [2.24, 2.45) is 0 Å². The summed E-state index contributed by atoms with van der Waals surface area (Å²) in [6.45, 7) is 2.38. The van der Waals surface area contributed by atoms with Gasteiger partial charge in [-0.1, -0.05) is 30.3 Å². The van der Waals surface area contributed by atoms with Crippen molar-refractivity contribution in [1.82, 2.24) is 4.90 Å². The summed E-state index contributed by atoms with van der Waals surface area (Å²) in [5.41, 5.74) is 1.09. The van der Waals surface area contributed by atoms with Gasteiger partial charge in [-0.25, -0.2) is 4.79 Å². The zero-order valence-corrected chi connectivity index (χ0v) is 9.85. The minimum absolute atomic E-state index is 0.0000463. The summed E-state index contributed by atoms with van der Waals surface area (Å²) < 4.78 is 5.01. The minimum Gasteiger partial charge on any atom is -0.447 e. The van der Waals surface area contributed by atoms with Crippen LogP contribution in [0.15, 0.2) is 30.3 Å². The summed E-state index contributed by atoms with van der Waals surface area (Å²) in [6, 6.07) is 9.86. The van der Waals surface area contributed by atoms with Crippen LogP contribution in [0.4, 0.5) is 4.79 Å². The van der Waals surface area contributed by atoms with Crippen molar-refractivity contribution < 1.29 is 9.53 Å². The highest BCUT2D eigenvalue weighted by Gasteiger charge is 2.36. The van der Waals surface area contributed by atoms with Crippen molar-refractivity contribution in [2.75, 3.05) is 12.5 Å². The zero-order valence-electron chi connectivity index (χ0n) is 9.10. The monoisotopic (exact) mass is 239 g/mol. The number of hydrogen-bond acceptors (Lipinski definition) is 2. The van der Waals surface area contributed by atoms with Crippen LogP contribution in [0, 0.1) is 0 Å². The topological polar surface area (TPSA) is 29.5 Å². The summed E-state index contributed by atoms with van der Waals surface area (Å²) in [6.07, 6.45) is -0.276. The summed E-state index contributed by atoms with van der Waals surface area (Å²) in [4.78, 5) is 13.3. The van der Waals surface area contributed by atoms with Gasteiger partial charge in [-0.3, -0.25) is 4.90 Å². The Balaban J connectivity index is 2.20. The van der Waals surface area contributed by atoms with Gasteiger partial charge in [-0.15, -0.1) is 11.6 Å². The van der Waals surface area contributed by atoms with E-state index >= 15 is 0 Å². The maximum absolute atomic E-state index is 11.6. The molecule has 1 aliphatic heterocycles. The second-order valence-electron chi connectivity index (χ2n) is 3.88. The predicted molar refractivity (Wildman–Crippen MR) is 62.6 cm³/mol. The van der Waals surface area contributed by atoms with Crippen LogP contribution in [-0.2, 0) is 4.74 Å². The fraction of sp³-hybridized carbons (Fsp3) is 0.417. The summed E-state index contributed by atoms with van der Waals surface area (Å²) in [7, 11) is 0. The van der Waals surface area contributed by atoms with Gasteiger partial charge in [0.15, 0.2) is 0 Å². The lowest BCUT2D eigenvalue weighted by Crippen LogP contribution is -2.36. The first-order valence-electron chi connectivity index (χ1n) is 5.30. The van der Waals surface area contributed by atoms with Crippen LogP contribution >= 0.6 is 11.6 Å². The van der Waals surface area contributed by atoms with E-state index in [2.05, 4.69) is 0 Å². The van der Waals surface area contributed by atoms with Crippen LogP contribution in [0.5, 0.6) is 0 Å². The molecule has 3 nitrogen and oxygen atoms in total. The Morgan fingerprint density at radius 3 is 2.81 bits per heavy atom. The van der Waals surface area contributed by atoms with Gasteiger partial charge in [0.25, 0.3) is 0 Å². The lowest BCUT2D eigenvalue weighted by Gasteiger charge is -2.27. The molecular formula is C12H14ClNO2. The predicted octanol–water partition coefficient (Wildman–Crippen LogP) is 2.81. The number of benzene rings is 1. The molecule has 1 aromatic rings. The fourth-order valence-corrected chi connectivity index (χ4v) is 2.19. The Bertz CT molecular complexity index is 369. The van der Waals surface area contributed by atoms with Crippen molar-refractivity contribution in [3.05, 3.63) is 35.9 Å². The normalized spacial score (nSPS) is 22.0. The molecule has 0 saturated carbocycles. The summed E-state index contributed by atoms with van der Waals surface area (Å²) in [5.74, 6) is 0.406. The van der Waals surface area contributed by atoms with Gasteiger partial charge in [0.2, 0.25) is 0 Å². The van der Waals surface area contributed by atoms with Crippen LogP contribution in [0.3, 0.4) is 0 Å². The largest absolute Gasteiger partial charge is 0.447 e. The van der Waals surface area contributed by atoms with Crippen LogP contribution in [0.1, 0.15) is 18.5 Å². The molecule has 1 amide bonds. The first-order valence-corrected chi connectivity index (χ1v) is 5.83. The molecule has 0 N–H and O–H groups in total. The number of rotatable bonds is 3. The lowest BCUT2D eigenvalue weighted by molar-refractivity contribution is 0.148. The number of ether oxygens (including phenoxy) is 1. The molecule has 1 fully saturated rings. The highest BCUT2D eigenvalue weighted by Crippen LogP contribution is 2.27. The van der Waals surface area contributed by atoms with Crippen molar-refractivity contribution in [3.63, 3.8) is 0 Å². The summed E-state index contributed by atoms with van der Waals surface area (Å²) in [5, 5.41) is 0. The molecule has 0 radical (unpaired) electrons. The number of nitrogens with zero attached hydrogens (tertiary/aromatic N) is 1. The maximum atomic E-state index is 11.6. The second-order valence-corrected chi connectivity index (χ2v) is 4.19. The van der Waals surface area contributed by atoms with Crippen LogP contribution in [-0.4, -0.2) is 29.5 Å². The third-order valence-corrected chi connectivity index (χ3v) is 3.24. The first kappa shape index (κ1) is 11.3. The maximum Gasteiger partial charge on any atom is 0.410 e. The molecule has 0 aromatic heterocycles. The molecule has 0 unspecified atom stereocenters. The standard InChI is InChI=1S/C12H14ClNO2/c1-9(10-5-3-2-4-6-10)14-11(7-13)8-16-12(14)15/h2-6,9,11H,7-8H2,1H3/t9-,11+/m1/s1. The van der Waals surface area contributed by atoms with Gasteiger partial charge < -0.3 is 4.74 Å². The molecule has 2 atom stereocenters. The highest BCUT2D eigenvalue weighted by atomic mass is 35.5.